The molecule has 0 radical (unpaired) electrons. The molecule has 0 saturated heterocycles. The molecular formula is C10H9N5O4. The molecule has 0 aliphatic carbocycles. The first kappa shape index (κ1) is 12.7. The lowest BCUT2D eigenvalue weighted by Crippen LogP contribution is -2.43. The number of hydrogen-bond donors (Lipinski definition) is 0. The summed E-state index contributed by atoms with van der Waals surface area (Å²) in [6.07, 6.45) is 3.03. The lowest BCUT2D eigenvalue weighted by Gasteiger charge is -2.23. The second kappa shape index (κ2) is 4.83. The summed E-state index contributed by atoms with van der Waals surface area (Å²) in [4.78, 5) is 38.0. The quantitative estimate of drug-likeness (QED) is 0.249. The van der Waals surface area contributed by atoms with Crippen molar-refractivity contribution >= 4 is 11.7 Å². The van der Waals surface area contributed by atoms with Crippen LogP contribution in [-0.4, -0.2) is 22.4 Å². The van der Waals surface area contributed by atoms with E-state index in [1.807, 2.05) is 0 Å². The molecule has 0 bridgehead atoms. The zero-order valence-electron chi connectivity index (χ0n) is 9.89. The minimum absolute atomic E-state index is 0.151. The number of ether oxygens (including phenoxy) is 1. The van der Waals surface area contributed by atoms with Crippen molar-refractivity contribution in [2.24, 2.45) is 5.11 Å². The molecule has 0 amide bonds. The second-order valence-corrected chi connectivity index (χ2v) is 3.69. The van der Waals surface area contributed by atoms with Gasteiger partial charge in [0.15, 0.2) is 6.04 Å². The fourth-order valence-electron chi connectivity index (χ4n) is 1.83. The van der Waals surface area contributed by atoms with E-state index < -0.39 is 23.1 Å². The van der Waals surface area contributed by atoms with Gasteiger partial charge in [0.05, 0.1) is 13.7 Å². The minimum atomic E-state index is -1.05. The van der Waals surface area contributed by atoms with Crippen molar-refractivity contribution in [3.05, 3.63) is 49.4 Å². The molecule has 1 aliphatic heterocycles. The van der Waals surface area contributed by atoms with Crippen molar-refractivity contribution in [1.29, 1.82) is 0 Å². The second-order valence-electron chi connectivity index (χ2n) is 3.69. The van der Waals surface area contributed by atoms with Crippen molar-refractivity contribution in [1.82, 2.24) is 9.36 Å². The van der Waals surface area contributed by atoms with Gasteiger partial charge in [0.1, 0.15) is 5.69 Å². The average Bonchev–Trinajstić information content (AvgIpc) is 2.43. The molecule has 1 aromatic rings. The lowest BCUT2D eigenvalue weighted by molar-refractivity contribution is -0.143. The molecular weight excluding hydrogens is 254 g/mol. The fourth-order valence-corrected chi connectivity index (χ4v) is 1.83. The molecule has 0 aromatic carbocycles. The number of allylic oxidation sites excluding steroid dienone is 1. The third-order valence-electron chi connectivity index (χ3n) is 2.66. The smallest absolute Gasteiger partial charge is 0.334 e. The highest BCUT2D eigenvalue weighted by molar-refractivity contribution is 5.76. The minimum Gasteiger partial charge on any atom is -0.467 e. The van der Waals surface area contributed by atoms with Crippen molar-refractivity contribution in [3.63, 3.8) is 0 Å². The predicted octanol–water partition coefficient (Wildman–Crippen LogP) is 0.236. The standard InChI is InChI=1S/C10H9N5O4/c1-19-10(18)7-3-2-4-14-8(16)5-6(12-13-11)9(17)15(7)14/h2-3,5,7H,4H2,1H3. The van der Waals surface area contributed by atoms with Crippen LogP contribution in [0.15, 0.2) is 32.9 Å². The van der Waals surface area contributed by atoms with Crippen molar-refractivity contribution in [2.75, 3.05) is 7.11 Å². The highest BCUT2D eigenvalue weighted by atomic mass is 16.5. The lowest BCUT2D eigenvalue weighted by atomic mass is 10.2. The Morgan fingerprint density at radius 1 is 1.58 bits per heavy atom. The van der Waals surface area contributed by atoms with E-state index in [9.17, 15) is 14.4 Å². The van der Waals surface area contributed by atoms with Crippen LogP contribution in [0.25, 0.3) is 10.4 Å². The molecule has 98 valence electrons. The third-order valence-corrected chi connectivity index (χ3v) is 2.66. The molecule has 0 spiro atoms. The van der Waals surface area contributed by atoms with Crippen molar-refractivity contribution < 1.29 is 9.53 Å². The Morgan fingerprint density at radius 2 is 2.32 bits per heavy atom. The van der Waals surface area contributed by atoms with Gasteiger partial charge in [-0.1, -0.05) is 17.3 Å². The zero-order valence-corrected chi connectivity index (χ0v) is 9.89. The van der Waals surface area contributed by atoms with Crippen LogP contribution in [-0.2, 0) is 16.1 Å². The molecule has 1 aromatic heterocycles. The van der Waals surface area contributed by atoms with Crippen LogP contribution < -0.4 is 11.1 Å². The van der Waals surface area contributed by atoms with E-state index in [1.54, 1.807) is 6.08 Å². The molecule has 2 heterocycles. The molecule has 0 saturated carbocycles. The normalized spacial score (nSPS) is 16.4. The SMILES string of the molecule is COC(=O)C1C=CCn2c(=O)cc(N=[N+]=[N-])c(=O)n21. The summed E-state index contributed by atoms with van der Waals surface area (Å²) in [5.74, 6) is -0.690. The topological polar surface area (TPSA) is 119 Å². The summed E-state index contributed by atoms with van der Waals surface area (Å²) >= 11 is 0. The maximum absolute atomic E-state index is 12.1. The summed E-state index contributed by atoms with van der Waals surface area (Å²) in [6.45, 7) is 0.151. The van der Waals surface area contributed by atoms with Crippen molar-refractivity contribution in [2.45, 2.75) is 12.6 Å². The maximum atomic E-state index is 12.1. The van der Waals surface area contributed by atoms with Gasteiger partial charge in [-0.2, -0.15) is 0 Å². The number of carbonyl (C=O) groups is 1. The van der Waals surface area contributed by atoms with Gasteiger partial charge in [0, 0.05) is 11.0 Å². The Morgan fingerprint density at radius 3 is 2.95 bits per heavy atom. The Kier molecular flexibility index (Phi) is 3.21. The number of aromatic nitrogens is 2. The van der Waals surface area contributed by atoms with Crippen LogP contribution in [0.2, 0.25) is 0 Å². The van der Waals surface area contributed by atoms with Gasteiger partial charge in [-0.05, 0) is 5.53 Å². The highest BCUT2D eigenvalue weighted by Gasteiger charge is 2.26. The first-order valence-corrected chi connectivity index (χ1v) is 5.26. The molecule has 1 atom stereocenters. The van der Waals surface area contributed by atoms with Crippen LogP contribution in [0.5, 0.6) is 0 Å². The molecule has 1 unspecified atom stereocenters. The van der Waals surface area contributed by atoms with Gasteiger partial charge in [0.25, 0.3) is 11.1 Å². The number of rotatable bonds is 2. The summed E-state index contributed by atoms with van der Waals surface area (Å²) in [5, 5.41) is 3.15. The van der Waals surface area contributed by atoms with Gasteiger partial charge in [0.2, 0.25) is 0 Å². The van der Waals surface area contributed by atoms with Crippen molar-refractivity contribution in [3.8, 4) is 0 Å². The number of esters is 1. The summed E-state index contributed by atoms with van der Waals surface area (Å²) in [5.41, 5.74) is 6.74. The molecule has 9 heteroatoms. The number of fused-ring (bicyclic) bond motifs is 1. The van der Waals surface area contributed by atoms with Gasteiger partial charge < -0.3 is 4.74 Å². The largest absolute Gasteiger partial charge is 0.467 e. The van der Waals surface area contributed by atoms with Crippen LogP contribution in [0.3, 0.4) is 0 Å². The van der Waals surface area contributed by atoms with E-state index in [2.05, 4.69) is 14.8 Å². The summed E-state index contributed by atoms with van der Waals surface area (Å²) in [6, 6.07) is -0.112. The molecule has 0 fully saturated rings. The molecule has 0 N–H and O–H groups in total. The van der Waals surface area contributed by atoms with Crippen LogP contribution in [0, 0.1) is 0 Å². The number of hydrogen-bond acceptors (Lipinski definition) is 5. The Hall–Kier alpha value is -2.80. The van der Waals surface area contributed by atoms with E-state index in [4.69, 9.17) is 5.53 Å². The van der Waals surface area contributed by atoms with Gasteiger partial charge in [-0.3, -0.25) is 9.59 Å². The van der Waals surface area contributed by atoms with E-state index in [0.29, 0.717) is 0 Å². The van der Waals surface area contributed by atoms with E-state index in [0.717, 1.165) is 15.4 Å². The monoisotopic (exact) mass is 263 g/mol. The zero-order chi connectivity index (χ0) is 14.0. The first-order chi connectivity index (χ1) is 9.10. The molecule has 9 nitrogen and oxygen atoms in total. The molecule has 19 heavy (non-hydrogen) atoms. The van der Waals surface area contributed by atoms with E-state index in [1.165, 1.54) is 13.2 Å². The van der Waals surface area contributed by atoms with Gasteiger partial charge in [-0.25, -0.2) is 14.2 Å². The number of azide groups is 1. The third kappa shape index (κ3) is 2.02. The first-order valence-electron chi connectivity index (χ1n) is 5.26. The predicted molar refractivity (Wildman–Crippen MR) is 64.0 cm³/mol. The average molecular weight is 263 g/mol. The Labute approximate surface area is 105 Å². The van der Waals surface area contributed by atoms with Crippen LogP contribution in [0.4, 0.5) is 5.69 Å². The Balaban J connectivity index is 2.77. The van der Waals surface area contributed by atoms with Crippen LogP contribution >= 0.6 is 0 Å². The number of nitrogens with zero attached hydrogens (tertiary/aromatic N) is 5. The maximum Gasteiger partial charge on any atom is 0.334 e. The van der Waals surface area contributed by atoms with Gasteiger partial charge in [-0.15, -0.1) is 0 Å². The fraction of sp³-hybridized carbons (Fsp3) is 0.300. The Bertz CT molecular complexity index is 722. The van der Waals surface area contributed by atoms with E-state index in [-0.39, 0.29) is 12.2 Å². The van der Waals surface area contributed by atoms with Gasteiger partial charge >= 0.3 is 5.97 Å². The summed E-state index contributed by atoms with van der Waals surface area (Å²) in [7, 11) is 1.18. The number of methoxy groups -OCH3 is 1. The molecule has 1 aliphatic rings. The van der Waals surface area contributed by atoms with E-state index >= 15 is 0 Å². The number of carbonyl (C=O) groups excluding carboxylic acids is 1. The van der Waals surface area contributed by atoms with Crippen LogP contribution in [0.1, 0.15) is 6.04 Å². The molecule has 2 rings (SSSR count). The summed E-state index contributed by atoms with van der Waals surface area (Å²) < 4.78 is 6.58. The highest BCUT2D eigenvalue weighted by Crippen LogP contribution is 2.13.